The third-order valence-corrected chi connectivity index (χ3v) is 4.99. The first kappa shape index (κ1) is 43.7. The highest BCUT2D eigenvalue weighted by Gasteiger charge is 2.15. The highest BCUT2D eigenvalue weighted by molar-refractivity contribution is 5.75. The van der Waals surface area contributed by atoms with Crippen LogP contribution in [0.4, 0.5) is 0 Å². The molecule has 0 rings (SSSR count). The number of rotatable bonds is 26. The number of esters is 2. The van der Waals surface area contributed by atoms with Gasteiger partial charge in [0.2, 0.25) is 5.91 Å². The van der Waals surface area contributed by atoms with Gasteiger partial charge in [-0.2, -0.15) is 0 Å². The molecule has 0 aromatic carbocycles. The molecule has 1 N–H and O–H groups in total. The number of aldehydes is 2. The predicted molar refractivity (Wildman–Crippen MR) is 155 cm³/mol. The van der Waals surface area contributed by atoms with E-state index in [0.29, 0.717) is 65.1 Å². The van der Waals surface area contributed by atoms with Crippen LogP contribution in [0.2, 0.25) is 0 Å². The number of amides is 1. The Morgan fingerprint density at radius 1 is 0.738 bits per heavy atom. The maximum absolute atomic E-state index is 11.9. The molecule has 0 bridgehead atoms. The van der Waals surface area contributed by atoms with Crippen LogP contribution in [-0.4, -0.2) is 102 Å². The van der Waals surface area contributed by atoms with Crippen LogP contribution >= 0.6 is 0 Å². The molecule has 0 saturated heterocycles. The molecule has 13 nitrogen and oxygen atoms in total. The van der Waals surface area contributed by atoms with E-state index < -0.39 is 6.10 Å². The van der Waals surface area contributed by atoms with Crippen LogP contribution in [0.5, 0.6) is 0 Å². The Morgan fingerprint density at radius 3 is 1.76 bits per heavy atom. The second kappa shape index (κ2) is 36.3. The van der Waals surface area contributed by atoms with Crippen molar-refractivity contribution in [2.75, 3.05) is 52.8 Å². The van der Waals surface area contributed by atoms with E-state index in [1.807, 2.05) is 20.6 Å². The molecule has 0 aromatic heterocycles. The first-order valence-corrected chi connectivity index (χ1v) is 14.5. The first-order chi connectivity index (χ1) is 20.4. The van der Waals surface area contributed by atoms with Crippen LogP contribution < -0.4 is 5.32 Å². The van der Waals surface area contributed by atoms with Gasteiger partial charge in [-0.3, -0.25) is 14.4 Å². The van der Waals surface area contributed by atoms with Crippen molar-refractivity contribution in [3.8, 4) is 0 Å². The average molecular weight is 608 g/mol. The van der Waals surface area contributed by atoms with E-state index in [9.17, 15) is 24.0 Å². The molecular weight excluding hydrogens is 554 g/mol. The van der Waals surface area contributed by atoms with Crippen LogP contribution in [0.3, 0.4) is 0 Å². The predicted octanol–water partition coefficient (Wildman–Crippen LogP) is 2.74. The molecule has 0 unspecified atom stereocenters. The summed E-state index contributed by atoms with van der Waals surface area (Å²) >= 11 is 0. The van der Waals surface area contributed by atoms with Gasteiger partial charge in [-0.25, -0.2) is 0 Å². The number of carbonyl (C=O) groups is 6. The van der Waals surface area contributed by atoms with E-state index in [0.717, 1.165) is 25.4 Å². The topological polar surface area (TPSA) is 170 Å². The molecule has 246 valence electrons. The van der Waals surface area contributed by atoms with Gasteiger partial charge < -0.3 is 48.1 Å². The molecule has 0 aliphatic heterocycles. The molecule has 0 aliphatic rings. The molecule has 1 amide bonds. The molecule has 0 spiro atoms. The van der Waals surface area contributed by atoms with Crippen molar-refractivity contribution in [1.29, 1.82) is 0 Å². The smallest absolute Gasteiger partial charge is 0.305 e. The number of hydrogen-bond acceptors (Lipinski definition) is 12. The van der Waals surface area contributed by atoms with Gasteiger partial charge in [-0.1, -0.05) is 13.8 Å². The van der Waals surface area contributed by atoms with Crippen LogP contribution in [0.1, 0.15) is 85.5 Å². The van der Waals surface area contributed by atoms with Gasteiger partial charge >= 0.3 is 11.9 Å². The maximum Gasteiger partial charge on any atom is 0.305 e. The van der Waals surface area contributed by atoms with Crippen molar-refractivity contribution >= 4 is 37.2 Å². The van der Waals surface area contributed by atoms with Crippen molar-refractivity contribution < 1.29 is 57.2 Å². The second-order valence-electron chi connectivity index (χ2n) is 8.38. The molecule has 13 heteroatoms. The largest absolute Gasteiger partial charge is 0.463 e. The van der Waals surface area contributed by atoms with E-state index >= 15 is 0 Å². The summed E-state index contributed by atoms with van der Waals surface area (Å²) in [5.74, 6) is -0.799. The fourth-order valence-electron chi connectivity index (χ4n) is 2.88. The molecular formula is C29H53NO12. The summed E-state index contributed by atoms with van der Waals surface area (Å²) in [5.41, 5.74) is 0. The summed E-state index contributed by atoms with van der Waals surface area (Å²) < 4.78 is 32.2. The lowest BCUT2D eigenvalue weighted by Crippen LogP contribution is -2.30. The zero-order chi connectivity index (χ0) is 32.3. The Morgan fingerprint density at radius 2 is 1.29 bits per heavy atom. The highest BCUT2D eigenvalue weighted by Crippen LogP contribution is 2.05. The number of carbonyl (C=O) groups excluding carboxylic acids is 6. The zero-order valence-corrected chi connectivity index (χ0v) is 25.9. The molecule has 0 radical (unpaired) electrons. The minimum atomic E-state index is -0.558. The minimum Gasteiger partial charge on any atom is -0.463 e. The number of nitrogens with one attached hydrogen (secondary N) is 1. The quantitative estimate of drug-likeness (QED) is 0.0661. The Labute approximate surface area is 250 Å². The molecule has 42 heavy (non-hydrogen) atoms. The van der Waals surface area contributed by atoms with Crippen LogP contribution in [0.25, 0.3) is 0 Å². The van der Waals surface area contributed by atoms with Gasteiger partial charge in [-0.05, 0) is 33.1 Å². The lowest BCUT2D eigenvalue weighted by Gasteiger charge is -2.18. The Kier molecular flexibility index (Phi) is 37.8. The van der Waals surface area contributed by atoms with E-state index in [-0.39, 0.29) is 56.8 Å². The summed E-state index contributed by atoms with van der Waals surface area (Å²) in [6.07, 6.45) is 5.50. The Balaban J connectivity index is -0.00000146. The highest BCUT2D eigenvalue weighted by atomic mass is 16.7. The van der Waals surface area contributed by atoms with E-state index in [2.05, 4.69) is 5.32 Å². The third-order valence-electron chi connectivity index (χ3n) is 4.99. The molecule has 0 aromatic rings. The molecule has 0 fully saturated rings. The third kappa shape index (κ3) is 33.5. The maximum atomic E-state index is 11.9. The minimum absolute atomic E-state index is 0.00306. The van der Waals surface area contributed by atoms with Crippen molar-refractivity contribution in [2.45, 2.75) is 97.9 Å². The first-order valence-electron chi connectivity index (χ1n) is 14.5. The molecule has 0 heterocycles. The summed E-state index contributed by atoms with van der Waals surface area (Å²) in [5, 5.41) is 2.80. The van der Waals surface area contributed by atoms with Gasteiger partial charge in [0.15, 0.2) is 6.29 Å². The van der Waals surface area contributed by atoms with Crippen molar-refractivity contribution in [3.63, 3.8) is 0 Å². The van der Waals surface area contributed by atoms with Crippen molar-refractivity contribution in [2.24, 2.45) is 0 Å². The fourth-order valence-corrected chi connectivity index (χ4v) is 2.88. The number of unbranched alkanes of at least 4 members (excludes halogenated alkanes) is 2. The second-order valence-corrected chi connectivity index (χ2v) is 8.38. The van der Waals surface area contributed by atoms with Crippen LogP contribution in [-0.2, 0) is 57.2 Å². The van der Waals surface area contributed by atoms with Crippen molar-refractivity contribution in [3.05, 3.63) is 0 Å². The van der Waals surface area contributed by atoms with Gasteiger partial charge in [0.1, 0.15) is 38.7 Å². The monoisotopic (exact) mass is 607 g/mol. The van der Waals surface area contributed by atoms with Crippen molar-refractivity contribution in [1.82, 2.24) is 5.32 Å². The summed E-state index contributed by atoms with van der Waals surface area (Å²) in [6.45, 7) is 12.2. The zero-order valence-electron chi connectivity index (χ0n) is 25.9. The SMILES string of the molecule is C=O.CCOC(CCCOCCNC(=O)CCCOC(COC(=O)CC)COC(=O)CC)OCC.O=CCCCC=O. The van der Waals surface area contributed by atoms with Crippen LogP contribution in [0.15, 0.2) is 0 Å². The van der Waals surface area contributed by atoms with E-state index in [4.69, 9.17) is 33.2 Å². The normalized spacial score (nSPS) is 10.1. The summed E-state index contributed by atoms with van der Waals surface area (Å²) in [7, 11) is 0. The van der Waals surface area contributed by atoms with Crippen LogP contribution in [0, 0.1) is 0 Å². The standard InChI is InChI=1S/C23H43NO9.C5H8O2.CH2O/c1-5-21(26)32-17-19(18-33-22(27)6-2)31-15-9-11-20(25)24-13-16-28-14-10-12-23(29-7-3)30-8-4;6-4-2-1-3-5-7;1-2/h19,23H,5-18H2,1-4H3,(H,24,25);4-5H,1-3H2;1H2. The average Bonchev–Trinajstić information content (AvgIpc) is 3.01. The van der Waals surface area contributed by atoms with Gasteiger partial charge in [-0.15, -0.1) is 0 Å². The molecule has 0 aliphatic carbocycles. The van der Waals surface area contributed by atoms with Gasteiger partial charge in [0.05, 0.1) is 6.61 Å². The summed E-state index contributed by atoms with van der Waals surface area (Å²) in [4.78, 5) is 61.7. The Hall–Kier alpha value is -2.74. The van der Waals surface area contributed by atoms with E-state index in [1.165, 1.54) is 0 Å². The van der Waals surface area contributed by atoms with E-state index in [1.54, 1.807) is 13.8 Å². The fraction of sp³-hybridized carbons (Fsp3) is 0.793. The van der Waals surface area contributed by atoms with Gasteiger partial charge in [0, 0.05) is 71.5 Å². The number of hydrogen-bond donors (Lipinski definition) is 1. The van der Waals surface area contributed by atoms with Gasteiger partial charge in [0.25, 0.3) is 0 Å². The molecule has 0 atom stereocenters. The number of ether oxygens (including phenoxy) is 6. The summed E-state index contributed by atoms with van der Waals surface area (Å²) in [6, 6.07) is 0. The molecule has 0 saturated carbocycles. The Bertz CT molecular complexity index is 629. The lowest BCUT2D eigenvalue weighted by molar-refractivity contribution is -0.155. The lowest BCUT2D eigenvalue weighted by atomic mass is 10.3.